The molecule has 0 aromatic heterocycles. The quantitative estimate of drug-likeness (QED) is 0.170. The summed E-state index contributed by atoms with van der Waals surface area (Å²) < 4.78 is 10.8. The average Bonchev–Trinajstić information content (AvgIpc) is 3.20. The van der Waals surface area contributed by atoms with E-state index in [2.05, 4.69) is 0 Å². The lowest BCUT2D eigenvalue weighted by atomic mass is 9.95. The van der Waals surface area contributed by atoms with Crippen LogP contribution in [0.15, 0.2) is 78.4 Å². The molecule has 4 rings (SSSR count). The van der Waals surface area contributed by atoms with Gasteiger partial charge in [0.05, 0.1) is 30.4 Å². The number of ether oxygens (including phenoxy) is 2. The number of phenols is 1. The zero-order valence-electron chi connectivity index (χ0n) is 21.2. The molecule has 1 saturated heterocycles. The molecule has 0 aliphatic carbocycles. The number of aromatic hydroxyl groups is 1. The third-order valence-electron chi connectivity index (χ3n) is 6.07. The highest BCUT2D eigenvalue weighted by Gasteiger charge is 2.47. The number of esters is 1. The number of Topliss-reactive ketones (excluding diaryl/α,β-unsaturated/α-hetero) is 1. The zero-order chi connectivity index (χ0) is 27.2. The lowest BCUT2D eigenvalue weighted by Crippen LogP contribution is -2.29. The molecule has 3 aromatic rings. The van der Waals surface area contributed by atoms with Gasteiger partial charge in [0.1, 0.15) is 17.3 Å². The summed E-state index contributed by atoms with van der Waals surface area (Å²) in [5.74, 6) is -1.85. The number of benzene rings is 3. The SMILES string of the molecule is CCCOC(=O)c1ccc(N2C(=O)C(=O)/C(=C(/O)c3ccc(OCCC)cc3)C2c2ccc(O)cc2)cc1. The van der Waals surface area contributed by atoms with E-state index in [4.69, 9.17) is 9.47 Å². The van der Waals surface area contributed by atoms with Crippen molar-refractivity contribution in [2.45, 2.75) is 32.7 Å². The smallest absolute Gasteiger partial charge is 0.338 e. The number of phenolic OH excluding ortho intramolecular Hbond substituents is 1. The highest BCUT2D eigenvalue weighted by Crippen LogP contribution is 2.42. The standard InChI is InChI=1S/C30H29NO7/c1-3-17-37-24-15-9-20(10-16-24)27(33)25-26(19-7-13-23(32)14-8-19)31(29(35)28(25)34)22-11-5-21(6-12-22)30(36)38-18-4-2/h5-16,26,32-33H,3-4,17-18H2,1-2H3/b27-25+. The van der Waals surface area contributed by atoms with Crippen molar-refractivity contribution in [3.05, 3.63) is 95.1 Å². The van der Waals surface area contributed by atoms with Gasteiger partial charge < -0.3 is 19.7 Å². The maximum atomic E-state index is 13.3. The summed E-state index contributed by atoms with van der Waals surface area (Å²) in [6.07, 6.45) is 1.54. The number of carbonyl (C=O) groups is 3. The molecule has 3 aromatic carbocycles. The van der Waals surface area contributed by atoms with E-state index in [1.54, 1.807) is 48.5 Å². The van der Waals surface area contributed by atoms with Gasteiger partial charge in [0.2, 0.25) is 0 Å². The van der Waals surface area contributed by atoms with Crippen LogP contribution in [-0.2, 0) is 14.3 Å². The average molecular weight is 516 g/mol. The molecule has 1 aliphatic heterocycles. The van der Waals surface area contributed by atoms with Crippen molar-refractivity contribution in [2.75, 3.05) is 18.1 Å². The van der Waals surface area contributed by atoms with Crippen LogP contribution in [0.3, 0.4) is 0 Å². The molecule has 1 unspecified atom stereocenters. The molecule has 1 atom stereocenters. The number of amides is 1. The fraction of sp³-hybridized carbons (Fsp3) is 0.233. The Bertz CT molecular complexity index is 1340. The van der Waals surface area contributed by atoms with E-state index in [-0.39, 0.29) is 17.1 Å². The molecule has 1 amide bonds. The summed E-state index contributed by atoms with van der Waals surface area (Å²) in [7, 11) is 0. The maximum Gasteiger partial charge on any atom is 0.338 e. The summed E-state index contributed by atoms with van der Waals surface area (Å²) >= 11 is 0. The monoisotopic (exact) mass is 515 g/mol. The predicted molar refractivity (Wildman–Crippen MR) is 142 cm³/mol. The van der Waals surface area contributed by atoms with Crippen LogP contribution in [-0.4, -0.2) is 41.1 Å². The molecule has 196 valence electrons. The first-order valence-electron chi connectivity index (χ1n) is 12.5. The van der Waals surface area contributed by atoms with E-state index in [9.17, 15) is 24.6 Å². The van der Waals surface area contributed by atoms with Gasteiger partial charge in [-0.1, -0.05) is 26.0 Å². The molecule has 1 fully saturated rings. The Labute approximate surface area is 220 Å². The van der Waals surface area contributed by atoms with Crippen LogP contribution < -0.4 is 9.64 Å². The fourth-order valence-electron chi connectivity index (χ4n) is 4.19. The molecule has 38 heavy (non-hydrogen) atoms. The number of ketones is 1. The predicted octanol–water partition coefficient (Wildman–Crippen LogP) is 5.37. The second-order valence-electron chi connectivity index (χ2n) is 8.82. The van der Waals surface area contributed by atoms with Crippen LogP contribution in [0.1, 0.15) is 54.2 Å². The van der Waals surface area contributed by atoms with Crippen LogP contribution in [0.4, 0.5) is 5.69 Å². The largest absolute Gasteiger partial charge is 0.508 e. The summed E-state index contributed by atoms with van der Waals surface area (Å²) in [4.78, 5) is 40.1. The Kier molecular flexibility index (Phi) is 8.11. The van der Waals surface area contributed by atoms with Crippen LogP contribution >= 0.6 is 0 Å². The third-order valence-corrected chi connectivity index (χ3v) is 6.07. The first-order chi connectivity index (χ1) is 18.3. The van der Waals surface area contributed by atoms with Crippen LogP contribution in [0.25, 0.3) is 5.76 Å². The van der Waals surface area contributed by atoms with Gasteiger partial charge in [-0.15, -0.1) is 0 Å². The number of carbonyl (C=O) groups excluding carboxylic acids is 3. The van der Waals surface area contributed by atoms with Crippen molar-refractivity contribution in [3.63, 3.8) is 0 Å². The normalized spacial score (nSPS) is 16.5. The Morgan fingerprint density at radius 3 is 2.05 bits per heavy atom. The van der Waals surface area contributed by atoms with Crippen molar-refractivity contribution >= 4 is 29.1 Å². The highest BCUT2D eigenvalue weighted by atomic mass is 16.5. The van der Waals surface area contributed by atoms with Gasteiger partial charge in [0, 0.05) is 11.3 Å². The molecule has 0 bridgehead atoms. The van der Waals surface area contributed by atoms with E-state index in [0.29, 0.717) is 47.8 Å². The second-order valence-corrected chi connectivity index (χ2v) is 8.82. The van der Waals surface area contributed by atoms with Gasteiger partial charge in [-0.3, -0.25) is 14.5 Å². The Hall–Kier alpha value is -4.59. The lowest BCUT2D eigenvalue weighted by molar-refractivity contribution is -0.132. The summed E-state index contributed by atoms with van der Waals surface area (Å²) in [6, 6.07) is 17.9. The molecule has 0 radical (unpaired) electrons. The first kappa shape index (κ1) is 26.5. The summed E-state index contributed by atoms with van der Waals surface area (Å²) in [5.41, 5.74) is 1.45. The molecule has 0 spiro atoms. The van der Waals surface area contributed by atoms with E-state index in [1.807, 2.05) is 13.8 Å². The minimum atomic E-state index is -0.968. The van der Waals surface area contributed by atoms with E-state index >= 15 is 0 Å². The second kappa shape index (κ2) is 11.6. The fourth-order valence-corrected chi connectivity index (χ4v) is 4.19. The summed E-state index contributed by atoms with van der Waals surface area (Å²) in [5, 5.41) is 21.1. The van der Waals surface area contributed by atoms with E-state index < -0.39 is 23.7 Å². The number of aliphatic hydroxyl groups is 1. The maximum absolute atomic E-state index is 13.3. The molecule has 8 nitrogen and oxygen atoms in total. The van der Waals surface area contributed by atoms with Crippen molar-refractivity contribution in [1.82, 2.24) is 0 Å². The zero-order valence-corrected chi connectivity index (χ0v) is 21.2. The van der Waals surface area contributed by atoms with E-state index in [1.165, 1.54) is 29.2 Å². The number of aliphatic hydroxyl groups excluding tert-OH is 1. The Morgan fingerprint density at radius 2 is 1.45 bits per heavy atom. The molecular formula is C30H29NO7. The molecule has 2 N–H and O–H groups in total. The Morgan fingerprint density at radius 1 is 0.842 bits per heavy atom. The highest BCUT2D eigenvalue weighted by molar-refractivity contribution is 6.51. The number of anilines is 1. The topological polar surface area (TPSA) is 113 Å². The van der Waals surface area contributed by atoms with Gasteiger partial charge >= 0.3 is 5.97 Å². The minimum absolute atomic E-state index is 0.0170. The molecule has 0 saturated carbocycles. The number of rotatable bonds is 9. The van der Waals surface area contributed by atoms with Gasteiger partial charge in [0.25, 0.3) is 11.7 Å². The van der Waals surface area contributed by atoms with Crippen LogP contribution in [0, 0.1) is 0 Å². The number of nitrogens with zero attached hydrogens (tertiary/aromatic N) is 1. The van der Waals surface area contributed by atoms with Crippen molar-refractivity contribution < 1.29 is 34.1 Å². The van der Waals surface area contributed by atoms with Crippen molar-refractivity contribution in [2.24, 2.45) is 0 Å². The van der Waals surface area contributed by atoms with Crippen molar-refractivity contribution in [3.8, 4) is 11.5 Å². The van der Waals surface area contributed by atoms with Gasteiger partial charge in [0.15, 0.2) is 0 Å². The number of hydrogen-bond donors (Lipinski definition) is 2. The molecule has 1 aliphatic rings. The number of hydrogen-bond acceptors (Lipinski definition) is 7. The first-order valence-corrected chi connectivity index (χ1v) is 12.5. The van der Waals surface area contributed by atoms with Gasteiger partial charge in [-0.2, -0.15) is 0 Å². The summed E-state index contributed by atoms with van der Waals surface area (Å²) in [6.45, 7) is 4.73. The molecule has 8 heteroatoms. The van der Waals surface area contributed by atoms with Crippen LogP contribution in [0.5, 0.6) is 11.5 Å². The Balaban J connectivity index is 1.77. The molecule has 1 heterocycles. The van der Waals surface area contributed by atoms with Gasteiger partial charge in [-0.05, 0) is 79.1 Å². The van der Waals surface area contributed by atoms with Crippen LogP contribution in [0.2, 0.25) is 0 Å². The van der Waals surface area contributed by atoms with E-state index in [0.717, 1.165) is 6.42 Å². The minimum Gasteiger partial charge on any atom is -0.508 e. The van der Waals surface area contributed by atoms with Gasteiger partial charge in [-0.25, -0.2) is 4.79 Å². The molecular weight excluding hydrogens is 486 g/mol. The van der Waals surface area contributed by atoms with Crippen molar-refractivity contribution in [1.29, 1.82) is 0 Å². The third kappa shape index (κ3) is 5.39. The lowest BCUT2D eigenvalue weighted by Gasteiger charge is -2.25.